The van der Waals surface area contributed by atoms with Crippen molar-refractivity contribution in [2.75, 3.05) is 18.4 Å². The fourth-order valence-electron chi connectivity index (χ4n) is 2.02. The first-order valence-electron chi connectivity index (χ1n) is 7.37. The summed E-state index contributed by atoms with van der Waals surface area (Å²) in [5.41, 5.74) is 5.57. The van der Waals surface area contributed by atoms with Gasteiger partial charge in [-0.3, -0.25) is 14.3 Å². The third kappa shape index (κ3) is 4.70. The minimum atomic E-state index is -4.00. The van der Waals surface area contributed by atoms with Gasteiger partial charge >= 0.3 is 5.97 Å². The normalized spacial score (nSPS) is 11.0. The molecule has 9 nitrogen and oxygen atoms in total. The number of primary amides is 1. The minimum absolute atomic E-state index is 0.0551. The van der Waals surface area contributed by atoms with E-state index in [1.165, 1.54) is 19.2 Å². The Morgan fingerprint density at radius 2 is 2.08 bits per heavy atom. The summed E-state index contributed by atoms with van der Waals surface area (Å²) >= 11 is 1.02. The van der Waals surface area contributed by atoms with E-state index in [0.717, 1.165) is 17.4 Å². The molecule has 0 aliphatic heterocycles. The van der Waals surface area contributed by atoms with Gasteiger partial charge in [0, 0.05) is 5.38 Å². The number of benzene rings is 1. The van der Waals surface area contributed by atoms with Crippen LogP contribution in [0.15, 0.2) is 28.5 Å². The number of aromatic nitrogens is 1. The molecule has 0 saturated heterocycles. The first-order chi connectivity index (χ1) is 12.3. The molecule has 1 aromatic carbocycles. The van der Waals surface area contributed by atoms with E-state index in [9.17, 15) is 18.0 Å². The predicted octanol–water partition coefficient (Wildman–Crippen LogP) is 1.16. The molecule has 0 aliphatic carbocycles. The molecule has 1 aromatic heterocycles. The number of esters is 1. The summed E-state index contributed by atoms with van der Waals surface area (Å²) < 4.78 is 37.1. The summed E-state index contributed by atoms with van der Waals surface area (Å²) in [7, 11) is -2.66. The zero-order valence-corrected chi connectivity index (χ0v) is 15.6. The van der Waals surface area contributed by atoms with Gasteiger partial charge in [-0.05, 0) is 25.1 Å². The van der Waals surface area contributed by atoms with Crippen LogP contribution in [0.25, 0.3) is 0 Å². The SMILES string of the molecule is CCOC(=O)Cc1csc(NS(=O)(=O)c2ccc(OC)c(C(N)=O)c2)n1. The molecule has 0 bridgehead atoms. The van der Waals surface area contributed by atoms with Gasteiger partial charge < -0.3 is 15.2 Å². The van der Waals surface area contributed by atoms with Crippen LogP contribution < -0.4 is 15.2 Å². The molecule has 0 atom stereocenters. The summed E-state index contributed by atoms with van der Waals surface area (Å²) in [6.45, 7) is 1.94. The smallest absolute Gasteiger partial charge is 0.311 e. The summed E-state index contributed by atoms with van der Waals surface area (Å²) in [6.07, 6.45) is -0.0551. The molecule has 0 aliphatic rings. The van der Waals surface area contributed by atoms with Gasteiger partial charge in [-0.2, -0.15) is 0 Å². The number of ether oxygens (including phenoxy) is 2. The van der Waals surface area contributed by atoms with Gasteiger partial charge in [-0.25, -0.2) is 13.4 Å². The maximum absolute atomic E-state index is 12.5. The molecule has 0 saturated carbocycles. The molecule has 140 valence electrons. The molecule has 3 N–H and O–H groups in total. The third-order valence-electron chi connectivity index (χ3n) is 3.15. The van der Waals surface area contributed by atoms with E-state index in [0.29, 0.717) is 5.69 Å². The number of nitrogens with one attached hydrogen (secondary N) is 1. The molecular formula is C15H17N3O6S2. The van der Waals surface area contributed by atoms with Crippen molar-refractivity contribution in [1.29, 1.82) is 0 Å². The van der Waals surface area contributed by atoms with Crippen molar-refractivity contribution < 1.29 is 27.5 Å². The molecule has 11 heteroatoms. The molecule has 0 radical (unpaired) electrons. The monoisotopic (exact) mass is 399 g/mol. The number of carbonyl (C=O) groups is 2. The van der Waals surface area contributed by atoms with E-state index < -0.39 is 21.9 Å². The highest BCUT2D eigenvalue weighted by atomic mass is 32.2. The highest BCUT2D eigenvalue weighted by Gasteiger charge is 2.20. The zero-order chi connectivity index (χ0) is 19.3. The summed E-state index contributed by atoms with van der Waals surface area (Å²) in [5, 5.41) is 1.64. The molecule has 1 heterocycles. The summed E-state index contributed by atoms with van der Waals surface area (Å²) in [4.78, 5) is 26.8. The zero-order valence-electron chi connectivity index (χ0n) is 14.0. The largest absolute Gasteiger partial charge is 0.496 e. The Labute approximate surface area is 154 Å². The highest BCUT2D eigenvalue weighted by molar-refractivity contribution is 7.93. The van der Waals surface area contributed by atoms with Crippen LogP contribution in [0.4, 0.5) is 5.13 Å². The van der Waals surface area contributed by atoms with E-state index in [-0.39, 0.29) is 34.4 Å². The maximum atomic E-state index is 12.5. The van der Waals surface area contributed by atoms with Crippen LogP contribution >= 0.6 is 11.3 Å². The Morgan fingerprint density at radius 1 is 1.35 bits per heavy atom. The van der Waals surface area contributed by atoms with Crippen molar-refractivity contribution >= 4 is 38.4 Å². The van der Waals surface area contributed by atoms with Crippen LogP contribution in [0.2, 0.25) is 0 Å². The van der Waals surface area contributed by atoms with Crippen LogP contribution in [0.1, 0.15) is 23.0 Å². The maximum Gasteiger partial charge on any atom is 0.311 e. The fourth-order valence-corrected chi connectivity index (χ4v) is 4.00. The number of sulfonamides is 1. The standard InChI is InChI=1S/C15H17N3O6S2/c1-3-24-13(19)6-9-8-25-15(17-9)18-26(21,22)10-4-5-12(23-2)11(7-10)14(16)20/h4-5,7-8H,3,6H2,1-2H3,(H2,16,20)(H,17,18). The van der Waals surface area contributed by atoms with Crippen molar-refractivity contribution in [3.8, 4) is 5.75 Å². The van der Waals surface area contributed by atoms with Gasteiger partial charge in [0.15, 0.2) is 5.13 Å². The Hall–Kier alpha value is -2.66. The third-order valence-corrected chi connectivity index (χ3v) is 5.42. The van der Waals surface area contributed by atoms with E-state index in [1.807, 2.05) is 0 Å². The number of carbonyl (C=O) groups excluding carboxylic acids is 2. The molecule has 0 unspecified atom stereocenters. The van der Waals surface area contributed by atoms with E-state index >= 15 is 0 Å². The lowest BCUT2D eigenvalue weighted by Gasteiger charge is -2.09. The lowest BCUT2D eigenvalue weighted by molar-refractivity contribution is -0.142. The van der Waals surface area contributed by atoms with Gasteiger partial charge in [0.2, 0.25) is 0 Å². The van der Waals surface area contributed by atoms with E-state index in [4.69, 9.17) is 15.2 Å². The summed E-state index contributed by atoms with van der Waals surface area (Å²) in [6, 6.07) is 3.74. The fraction of sp³-hybridized carbons (Fsp3) is 0.267. The predicted molar refractivity (Wildman–Crippen MR) is 94.8 cm³/mol. The molecular weight excluding hydrogens is 382 g/mol. The first kappa shape index (κ1) is 19.7. The highest BCUT2D eigenvalue weighted by Crippen LogP contribution is 2.25. The van der Waals surface area contributed by atoms with Crippen LogP contribution in [0.5, 0.6) is 5.75 Å². The second-order valence-electron chi connectivity index (χ2n) is 4.96. The van der Waals surface area contributed by atoms with Crippen molar-refractivity contribution in [2.24, 2.45) is 5.73 Å². The molecule has 0 spiro atoms. The van der Waals surface area contributed by atoms with Crippen LogP contribution in [0, 0.1) is 0 Å². The van der Waals surface area contributed by atoms with E-state index in [1.54, 1.807) is 12.3 Å². The second-order valence-corrected chi connectivity index (χ2v) is 7.50. The van der Waals surface area contributed by atoms with Crippen molar-refractivity contribution in [1.82, 2.24) is 4.98 Å². The average Bonchev–Trinajstić information content (AvgIpc) is 3.00. The number of nitrogens with two attached hydrogens (primary N) is 1. The molecule has 26 heavy (non-hydrogen) atoms. The molecule has 0 fully saturated rings. The summed E-state index contributed by atoms with van der Waals surface area (Å²) in [5.74, 6) is -1.10. The minimum Gasteiger partial charge on any atom is -0.496 e. The van der Waals surface area contributed by atoms with Crippen molar-refractivity contribution in [3.63, 3.8) is 0 Å². The van der Waals surface area contributed by atoms with Gasteiger partial charge in [0.05, 0.1) is 36.3 Å². The quantitative estimate of drug-likeness (QED) is 0.635. The Kier molecular flexibility index (Phi) is 6.16. The number of rotatable bonds is 8. The number of anilines is 1. The van der Waals surface area contributed by atoms with Crippen LogP contribution in [-0.2, 0) is 26.0 Å². The number of nitrogens with zero attached hydrogens (tertiary/aromatic N) is 1. The lowest BCUT2D eigenvalue weighted by atomic mass is 10.2. The first-order valence-corrected chi connectivity index (χ1v) is 9.73. The molecule has 2 aromatic rings. The van der Waals surface area contributed by atoms with Gasteiger partial charge in [-0.1, -0.05) is 0 Å². The van der Waals surface area contributed by atoms with E-state index in [2.05, 4.69) is 9.71 Å². The number of amides is 1. The van der Waals surface area contributed by atoms with Gasteiger partial charge in [0.1, 0.15) is 5.75 Å². The average molecular weight is 399 g/mol. The van der Waals surface area contributed by atoms with Gasteiger partial charge in [0.25, 0.3) is 15.9 Å². The van der Waals surface area contributed by atoms with Gasteiger partial charge in [-0.15, -0.1) is 11.3 Å². The number of thiazole rings is 1. The Balaban J connectivity index is 2.21. The lowest BCUT2D eigenvalue weighted by Crippen LogP contribution is -2.16. The van der Waals surface area contributed by atoms with Crippen LogP contribution in [0.3, 0.4) is 0 Å². The van der Waals surface area contributed by atoms with Crippen molar-refractivity contribution in [2.45, 2.75) is 18.2 Å². The number of hydrogen-bond acceptors (Lipinski definition) is 8. The molecule has 2 rings (SSSR count). The Morgan fingerprint density at radius 3 is 2.69 bits per heavy atom. The number of hydrogen-bond donors (Lipinski definition) is 2. The molecule has 1 amide bonds. The van der Waals surface area contributed by atoms with Crippen molar-refractivity contribution in [3.05, 3.63) is 34.8 Å². The second kappa shape index (κ2) is 8.15. The number of methoxy groups -OCH3 is 1. The topological polar surface area (TPSA) is 138 Å². The Bertz CT molecular complexity index is 923. The van der Waals surface area contributed by atoms with Crippen LogP contribution in [-0.4, -0.2) is 39.0 Å².